The second-order valence-electron chi connectivity index (χ2n) is 4.86. The molecule has 0 N–H and O–H groups in total. The third-order valence-corrected chi connectivity index (χ3v) is 3.72. The Balaban J connectivity index is 1.83. The van der Waals surface area contributed by atoms with Gasteiger partial charge in [0.1, 0.15) is 0 Å². The van der Waals surface area contributed by atoms with E-state index in [4.69, 9.17) is 25.6 Å². The van der Waals surface area contributed by atoms with E-state index in [1.54, 1.807) is 20.3 Å². The molecule has 3 aromatic rings. The summed E-state index contributed by atoms with van der Waals surface area (Å²) in [5.74, 6) is 2.33. The molecule has 6 heteroatoms. The Bertz CT molecular complexity index is 817. The highest BCUT2D eigenvalue weighted by Crippen LogP contribution is 2.29. The maximum atomic E-state index is 6.15. The largest absolute Gasteiger partial charge is 0.493 e. The zero-order valence-electron chi connectivity index (χ0n) is 12.7. The van der Waals surface area contributed by atoms with Crippen molar-refractivity contribution in [3.63, 3.8) is 0 Å². The standard InChI is InChI=1S/C17H15ClN2O3/c1-21-14-8-7-11(9-15(14)22-2)10-16-19-17(20-23-16)12-5-3-4-6-13(12)18/h3-9H,10H2,1-2H3. The van der Waals surface area contributed by atoms with Gasteiger partial charge in [-0.1, -0.05) is 35.0 Å². The molecule has 0 bridgehead atoms. The van der Waals surface area contributed by atoms with Gasteiger partial charge in [0.25, 0.3) is 0 Å². The van der Waals surface area contributed by atoms with E-state index in [2.05, 4.69) is 10.1 Å². The van der Waals surface area contributed by atoms with Gasteiger partial charge in [0.15, 0.2) is 11.5 Å². The van der Waals surface area contributed by atoms with Gasteiger partial charge in [0.2, 0.25) is 11.7 Å². The lowest BCUT2D eigenvalue weighted by atomic mass is 10.1. The minimum atomic E-state index is 0.478. The second kappa shape index (κ2) is 6.71. The molecule has 0 atom stereocenters. The topological polar surface area (TPSA) is 57.4 Å². The van der Waals surface area contributed by atoms with Crippen LogP contribution >= 0.6 is 11.6 Å². The van der Waals surface area contributed by atoms with Gasteiger partial charge < -0.3 is 14.0 Å². The predicted molar refractivity (Wildman–Crippen MR) is 87.1 cm³/mol. The summed E-state index contributed by atoms with van der Waals surface area (Å²) < 4.78 is 15.8. The highest BCUT2D eigenvalue weighted by molar-refractivity contribution is 6.33. The monoisotopic (exact) mass is 330 g/mol. The van der Waals surface area contributed by atoms with Crippen LogP contribution in [0.1, 0.15) is 11.5 Å². The fourth-order valence-electron chi connectivity index (χ4n) is 2.24. The summed E-state index contributed by atoms with van der Waals surface area (Å²) in [4.78, 5) is 4.40. The molecule has 3 rings (SSSR count). The maximum absolute atomic E-state index is 6.15. The van der Waals surface area contributed by atoms with Crippen molar-refractivity contribution in [2.45, 2.75) is 6.42 Å². The van der Waals surface area contributed by atoms with E-state index in [0.29, 0.717) is 34.7 Å². The number of ether oxygens (including phenoxy) is 2. The third kappa shape index (κ3) is 3.29. The molecule has 1 aromatic heterocycles. The normalized spacial score (nSPS) is 10.6. The van der Waals surface area contributed by atoms with Crippen molar-refractivity contribution in [2.24, 2.45) is 0 Å². The highest BCUT2D eigenvalue weighted by atomic mass is 35.5. The lowest BCUT2D eigenvalue weighted by Crippen LogP contribution is -1.94. The van der Waals surface area contributed by atoms with Crippen LogP contribution in [-0.4, -0.2) is 24.4 Å². The van der Waals surface area contributed by atoms with Gasteiger partial charge in [-0.25, -0.2) is 0 Å². The molecule has 0 spiro atoms. The first-order chi connectivity index (χ1) is 11.2. The molecule has 0 amide bonds. The molecule has 0 saturated heterocycles. The van der Waals surface area contributed by atoms with Gasteiger partial charge in [-0.15, -0.1) is 0 Å². The number of hydrogen-bond acceptors (Lipinski definition) is 5. The zero-order chi connectivity index (χ0) is 16.2. The predicted octanol–water partition coefficient (Wildman–Crippen LogP) is 4.00. The number of aromatic nitrogens is 2. The van der Waals surface area contributed by atoms with Crippen LogP contribution < -0.4 is 9.47 Å². The van der Waals surface area contributed by atoms with Crippen molar-refractivity contribution in [3.8, 4) is 22.9 Å². The fraction of sp³-hybridized carbons (Fsp3) is 0.176. The van der Waals surface area contributed by atoms with Crippen molar-refractivity contribution in [3.05, 3.63) is 58.9 Å². The van der Waals surface area contributed by atoms with Crippen LogP contribution in [0.25, 0.3) is 11.4 Å². The van der Waals surface area contributed by atoms with Gasteiger partial charge in [0.05, 0.1) is 25.7 Å². The van der Waals surface area contributed by atoms with Crippen LogP contribution in [0.2, 0.25) is 5.02 Å². The Morgan fingerprint density at radius 1 is 1.04 bits per heavy atom. The molecule has 5 nitrogen and oxygen atoms in total. The Morgan fingerprint density at radius 2 is 1.83 bits per heavy atom. The molecule has 0 radical (unpaired) electrons. The SMILES string of the molecule is COc1ccc(Cc2nc(-c3ccccc3Cl)no2)cc1OC. The van der Waals surface area contributed by atoms with E-state index < -0.39 is 0 Å². The molecular formula is C17H15ClN2O3. The van der Waals surface area contributed by atoms with E-state index in [1.165, 1.54) is 0 Å². The summed E-state index contributed by atoms with van der Waals surface area (Å²) >= 11 is 6.15. The summed E-state index contributed by atoms with van der Waals surface area (Å²) in [6, 6.07) is 13.1. The first-order valence-electron chi connectivity index (χ1n) is 6.99. The minimum Gasteiger partial charge on any atom is -0.493 e. The van der Waals surface area contributed by atoms with Gasteiger partial charge in [-0.3, -0.25) is 0 Å². The Morgan fingerprint density at radius 3 is 2.57 bits per heavy atom. The lowest BCUT2D eigenvalue weighted by molar-refractivity contribution is 0.354. The summed E-state index contributed by atoms with van der Waals surface area (Å²) in [5.41, 5.74) is 1.73. The zero-order valence-corrected chi connectivity index (χ0v) is 13.5. The van der Waals surface area contributed by atoms with Crippen molar-refractivity contribution < 1.29 is 14.0 Å². The van der Waals surface area contributed by atoms with E-state index in [0.717, 1.165) is 11.1 Å². The summed E-state index contributed by atoms with van der Waals surface area (Å²) in [6.07, 6.45) is 0.498. The first-order valence-corrected chi connectivity index (χ1v) is 7.37. The van der Waals surface area contributed by atoms with E-state index in [-0.39, 0.29) is 0 Å². The van der Waals surface area contributed by atoms with Crippen LogP contribution in [0.15, 0.2) is 47.0 Å². The van der Waals surface area contributed by atoms with Gasteiger partial charge >= 0.3 is 0 Å². The maximum Gasteiger partial charge on any atom is 0.231 e. The molecule has 1 heterocycles. The van der Waals surface area contributed by atoms with Crippen LogP contribution in [-0.2, 0) is 6.42 Å². The number of hydrogen-bond donors (Lipinski definition) is 0. The fourth-order valence-corrected chi connectivity index (χ4v) is 2.46. The lowest BCUT2D eigenvalue weighted by Gasteiger charge is -2.08. The Hall–Kier alpha value is -2.53. The third-order valence-electron chi connectivity index (χ3n) is 3.39. The number of benzene rings is 2. The van der Waals surface area contributed by atoms with Crippen molar-refractivity contribution in [1.82, 2.24) is 10.1 Å². The van der Waals surface area contributed by atoms with Gasteiger partial charge in [0, 0.05) is 5.56 Å². The quantitative estimate of drug-likeness (QED) is 0.707. The van der Waals surface area contributed by atoms with Crippen molar-refractivity contribution >= 4 is 11.6 Å². The summed E-state index contributed by atoms with van der Waals surface area (Å²) in [6.45, 7) is 0. The van der Waals surface area contributed by atoms with E-state index in [9.17, 15) is 0 Å². The summed E-state index contributed by atoms with van der Waals surface area (Å²) in [5, 5.41) is 4.58. The Kier molecular flexibility index (Phi) is 4.48. The second-order valence-corrected chi connectivity index (χ2v) is 5.26. The van der Waals surface area contributed by atoms with Gasteiger partial charge in [-0.05, 0) is 29.8 Å². The van der Waals surface area contributed by atoms with Crippen molar-refractivity contribution in [1.29, 1.82) is 0 Å². The Labute approximate surface area is 138 Å². The van der Waals surface area contributed by atoms with Crippen LogP contribution in [0.4, 0.5) is 0 Å². The average Bonchev–Trinajstić information content (AvgIpc) is 3.03. The molecule has 0 saturated carbocycles. The molecule has 0 aliphatic carbocycles. The van der Waals surface area contributed by atoms with Crippen molar-refractivity contribution in [2.75, 3.05) is 14.2 Å². The van der Waals surface area contributed by atoms with Crippen LogP contribution in [0.3, 0.4) is 0 Å². The molecule has 0 aliphatic heterocycles. The molecule has 2 aromatic carbocycles. The smallest absolute Gasteiger partial charge is 0.231 e. The number of halogens is 1. The molecular weight excluding hydrogens is 316 g/mol. The molecule has 23 heavy (non-hydrogen) atoms. The molecule has 118 valence electrons. The average molecular weight is 331 g/mol. The molecule has 0 fully saturated rings. The summed E-state index contributed by atoms with van der Waals surface area (Å²) in [7, 11) is 3.20. The number of nitrogens with zero attached hydrogens (tertiary/aromatic N) is 2. The first kappa shape index (κ1) is 15.4. The number of methoxy groups -OCH3 is 2. The van der Waals surface area contributed by atoms with Gasteiger partial charge in [-0.2, -0.15) is 4.98 Å². The van der Waals surface area contributed by atoms with Crippen LogP contribution in [0.5, 0.6) is 11.5 Å². The van der Waals surface area contributed by atoms with Crippen LogP contribution in [0, 0.1) is 0 Å². The highest BCUT2D eigenvalue weighted by Gasteiger charge is 2.13. The molecule has 0 aliphatic rings. The van der Waals surface area contributed by atoms with E-state index >= 15 is 0 Å². The van der Waals surface area contributed by atoms with E-state index in [1.807, 2.05) is 36.4 Å². The molecule has 0 unspecified atom stereocenters. The number of rotatable bonds is 5. The minimum absolute atomic E-state index is 0.478.